The van der Waals surface area contributed by atoms with Gasteiger partial charge in [-0.2, -0.15) is 0 Å². The largest absolute Gasteiger partial charge is 0.326 e. The van der Waals surface area contributed by atoms with E-state index in [-0.39, 0.29) is 18.2 Å². The predicted molar refractivity (Wildman–Crippen MR) is 135 cm³/mol. The Labute approximate surface area is 201 Å². The lowest BCUT2D eigenvalue weighted by molar-refractivity contribution is -0.122. The quantitative estimate of drug-likeness (QED) is 0.435. The minimum absolute atomic E-state index is 0.0613. The second-order valence-electron chi connectivity index (χ2n) is 8.46. The monoisotopic (exact) mass is 472 g/mol. The average molecular weight is 473 g/mol. The number of hydrogen-bond donors (Lipinski definition) is 2. The number of fused-ring (bicyclic) bond motifs is 1. The molecule has 1 aliphatic rings. The maximum atomic E-state index is 13.0. The van der Waals surface area contributed by atoms with Gasteiger partial charge in [0.2, 0.25) is 17.8 Å². The molecule has 1 aliphatic heterocycles. The molecule has 0 spiro atoms. The van der Waals surface area contributed by atoms with E-state index < -0.39 is 5.92 Å². The number of amides is 2. The van der Waals surface area contributed by atoms with Gasteiger partial charge < -0.3 is 15.5 Å². The summed E-state index contributed by atoms with van der Waals surface area (Å²) in [6.07, 6.45) is 0.175. The first-order chi connectivity index (χ1) is 16.3. The minimum Gasteiger partial charge on any atom is -0.326 e. The van der Waals surface area contributed by atoms with Crippen LogP contribution in [-0.4, -0.2) is 33.3 Å². The molecular formula is C25H24N6O2S. The highest BCUT2D eigenvalue weighted by atomic mass is 32.1. The molecule has 1 atom stereocenters. The molecule has 3 heterocycles. The highest BCUT2D eigenvalue weighted by molar-refractivity contribution is 7.18. The second kappa shape index (κ2) is 8.83. The molecule has 4 aromatic rings. The summed E-state index contributed by atoms with van der Waals surface area (Å²) in [7, 11) is 0. The molecule has 5 rings (SSSR count). The van der Waals surface area contributed by atoms with Crippen LogP contribution in [0.3, 0.4) is 0 Å². The molecule has 0 radical (unpaired) electrons. The van der Waals surface area contributed by atoms with E-state index in [4.69, 9.17) is 0 Å². The third kappa shape index (κ3) is 4.60. The smallest absolute Gasteiger partial charge is 0.229 e. The van der Waals surface area contributed by atoms with Crippen molar-refractivity contribution in [3.8, 4) is 0 Å². The first-order valence-electron chi connectivity index (χ1n) is 11.0. The van der Waals surface area contributed by atoms with Gasteiger partial charge >= 0.3 is 0 Å². The van der Waals surface area contributed by atoms with Gasteiger partial charge in [-0.05, 0) is 63.2 Å². The van der Waals surface area contributed by atoms with Crippen molar-refractivity contribution in [2.45, 2.75) is 27.2 Å². The molecule has 2 aromatic carbocycles. The molecule has 8 nitrogen and oxygen atoms in total. The van der Waals surface area contributed by atoms with E-state index in [9.17, 15) is 9.59 Å². The lowest BCUT2D eigenvalue weighted by atomic mass is 10.1. The van der Waals surface area contributed by atoms with Gasteiger partial charge in [0.25, 0.3) is 0 Å². The number of aryl methyl sites for hydroxylation is 3. The number of thiazole rings is 1. The van der Waals surface area contributed by atoms with Crippen LogP contribution in [0, 0.1) is 26.7 Å². The van der Waals surface area contributed by atoms with E-state index in [1.54, 1.807) is 16.2 Å². The fraction of sp³-hybridized carbons (Fsp3) is 0.240. The maximum Gasteiger partial charge on any atom is 0.229 e. The number of rotatable bonds is 5. The standard InChI is InChI=1S/C25H24N6O2S/c1-14-9-15(2)27-25(26-14)30-19-6-4-5-18(11-19)29-24(33)17-10-23(32)31(13-17)20-7-8-22-21(12-20)28-16(3)34-22/h4-9,11-12,17H,10,13H2,1-3H3,(H,29,33)(H,26,27,30). The average Bonchev–Trinajstić information content (AvgIpc) is 3.34. The van der Waals surface area contributed by atoms with Gasteiger partial charge in [-0.1, -0.05) is 6.07 Å². The number of carbonyl (C=O) groups excluding carboxylic acids is 2. The molecular weight excluding hydrogens is 448 g/mol. The summed E-state index contributed by atoms with van der Waals surface area (Å²) in [4.78, 5) is 40.6. The van der Waals surface area contributed by atoms with Crippen LogP contribution in [0.2, 0.25) is 0 Å². The predicted octanol–water partition coefficient (Wildman–Crippen LogP) is 4.75. The summed E-state index contributed by atoms with van der Waals surface area (Å²) in [5.74, 6) is -0.167. The van der Waals surface area contributed by atoms with Crippen LogP contribution in [0.5, 0.6) is 0 Å². The van der Waals surface area contributed by atoms with Crippen LogP contribution in [0.25, 0.3) is 10.2 Å². The third-order valence-electron chi connectivity index (χ3n) is 5.65. The number of nitrogens with zero attached hydrogens (tertiary/aromatic N) is 4. The Balaban J connectivity index is 1.27. The molecule has 2 N–H and O–H groups in total. The minimum atomic E-state index is -0.431. The topological polar surface area (TPSA) is 100 Å². The number of benzene rings is 2. The van der Waals surface area contributed by atoms with E-state index >= 15 is 0 Å². The zero-order valence-corrected chi connectivity index (χ0v) is 19.9. The zero-order valence-electron chi connectivity index (χ0n) is 19.1. The van der Waals surface area contributed by atoms with Gasteiger partial charge in [0, 0.05) is 41.4 Å². The van der Waals surface area contributed by atoms with Crippen LogP contribution in [-0.2, 0) is 9.59 Å². The summed E-state index contributed by atoms with van der Waals surface area (Å²) < 4.78 is 1.09. The van der Waals surface area contributed by atoms with Crippen LogP contribution < -0.4 is 15.5 Å². The molecule has 34 heavy (non-hydrogen) atoms. The van der Waals surface area contributed by atoms with Gasteiger partial charge in [-0.3, -0.25) is 9.59 Å². The molecule has 1 fully saturated rings. The zero-order chi connectivity index (χ0) is 23.8. The Bertz CT molecular complexity index is 1400. The Morgan fingerprint density at radius 3 is 2.56 bits per heavy atom. The summed E-state index contributed by atoms with van der Waals surface area (Å²) in [6, 6.07) is 15.1. The molecule has 9 heteroatoms. The first-order valence-corrected chi connectivity index (χ1v) is 11.8. The first kappa shape index (κ1) is 22.0. The van der Waals surface area contributed by atoms with Crippen LogP contribution in [0.15, 0.2) is 48.5 Å². The number of hydrogen-bond acceptors (Lipinski definition) is 7. The third-order valence-corrected chi connectivity index (χ3v) is 6.61. The van der Waals surface area contributed by atoms with Gasteiger partial charge in [0.05, 0.1) is 21.1 Å². The van der Waals surface area contributed by atoms with Crippen molar-refractivity contribution in [3.05, 3.63) is 64.9 Å². The summed E-state index contributed by atoms with van der Waals surface area (Å²) in [5.41, 5.74) is 4.80. The number of aromatic nitrogens is 3. The number of nitrogens with one attached hydrogen (secondary N) is 2. The molecule has 0 bridgehead atoms. The lowest BCUT2D eigenvalue weighted by Crippen LogP contribution is -2.28. The van der Waals surface area contributed by atoms with Crippen molar-refractivity contribution in [1.82, 2.24) is 15.0 Å². The molecule has 1 unspecified atom stereocenters. The summed E-state index contributed by atoms with van der Waals surface area (Å²) in [6.45, 7) is 6.14. The van der Waals surface area contributed by atoms with Crippen molar-refractivity contribution in [2.24, 2.45) is 5.92 Å². The fourth-order valence-corrected chi connectivity index (χ4v) is 4.97. The normalized spacial score (nSPS) is 15.7. The van der Waals surface area contributed by atoms with E-state index in [1.807, 2.05) is 69.3 Å². The molecule has 2 aromatic heterocycles. The van der Waals surface area contributed by atoms with Crippen molar-refractivity contribution in [1.29, 1.82) is 0 Å². The Kier molecular flexibility index (Phi) is 5.70. The Hall–Kier alpha value is -3.85. The summed E-state index contributed by atoms with van der Waals surface area (Å²) >= 11 is 1.62. The maximum absolute atomic E-state index is 13.0. The highest BCUT2D eigenvalue weighted by Gasteiger charge is 2.35. The molecule has 2 amide bonds. The summed E-state index contributed by atoms with van der Waals surface area (Å²) in [5, 5.41) is 7.11. The van der Waals surface area contributed by atoms with Crippen LogP contribution in [0.4, 0.5) is 23.0 Å². The van der Waals surface area contributed by atoms with Crippen molar-refractivity contribution >= 4 is 56.4 Å². The number of carbonyl (C=O) groups is 2. The van der Waals surface area contributed by atoms with Crippen molar-refractivity contribution < 1.29 is 9.59 Å². The molecule has 0 aliphatic carbocycles. The Morgan fingerprint density at radius 2 is 1.76 bits per heavy atom. The van der Waals surface area contributed by atoms with Crippen LogP contribution in [0.1, 0.15) is 22.8 Å². The Morgan fingerprint density at radius 1 is 1.00 bits per heavy atom. The lowest BCUT2D eigenvalue weighted by Gasteiger charge is -2.17. The highest BCUT2D eigenvalue weighted by Crippen LogP contribution is 2.31. The van der Waals surface area contributed by atoms with Gasteiger partial charge in [-0.25, -0.2) is 15.0 Å². The molecule has 0 saturated carbocycles. The van der Waals surface area contributed by atoms with Crippen molar-refractivity contribution in [3.63, 3.8) is 0 Å². The van der Waals surface area contributed by atoms with Crippen LogP contribution >= 0.6 is 11.3 Å². The van der Waals surface area contributed by atoms with E-state index in [0.717, 1.165) is 38.0 Å². The fourth-order valence-electron chi connectivity index (χ4n) is 4.16. The van der Waals surface area contributed by atoms with E-state index in [2.05, 4.69) is 25.6 Å². The molecule has 172 valence electrons. The van der Waals surface area contributed by atoms with Gasteiger partial charge in [-0.15, -0.1) is 11.3 Å². The van der Waals surface area contributed by atoms with Gasteiger partial charge in [0.15, 0.2) is 0 Å². The van der Waals surface area contributed by atoms with Crippen molar-refractivity contribution in [2.75, 3.05) is 22.1 Å². The van der Waals surface area contributed by atoms with Gasteiger partial charge in [0.1, 0.15) is 0 Å². The number of anilines is 4. The van der Waals surface area contributed by atoms with E-state index in [1.165, 1.54) is 0 Å². The second-order valence-corrected chi connectivity index (χ2v) is 9.69. The molecule has 1 saturated heterocycles. The SMILES string of the molecule is Cc1cc(C)nc(Nc2cccc(NC(=O)C3CC(=O)N(c4ccc5sc(C)nc5c4)C3)c2)n1. The van der Waals surface area contributed by atoms with E-state index in [0.29, 0.717) is 18.2 Å².